The fourth-order valence-corrected chi connectivity index (χ4v) is 3.93. The number of hydrogen-bond acceptors (Lipinski definition) is 5. The van der Waals surface area contributed by atoms with Crippen molar-refractivity contribution in [1.29, 1.82) is 0 Å². The average Bonchev–Trinajstić information content (AvgIpc) is 3.09. The van der Waals surface area contributed by atoms with Gasteiger partial charge >= 0.3 is 0 Å². The molecule has 162 valence electrons. The molecule has 1 unspecified atom stereocenters. The molecule has 4 rings (SSSR count). The summed E-state index contributed by atoms with van der Waals surface area (Å²) in [5.41, 5.74) is 2.67. The van der Waals surface area contributed by atoms with E-state index in [2.05, 4.69) is 0 Å². The number of nitrogens with zero attached hydrogens (tertiary/aromatic N) is 1. The first-order valence-corrected chi connectivity index (χ1v) is 10.1. The van der Waals surface area contributed by atoms with Crippen molar-refractivity contribution in [2.75, 3.05) is 19.1 Å². The Morgan fingerprint density at radius 1 is 0.844 bits per heavy atom. The molecule has 1 aliphatic heterocycles. The molecule has 1 heterocycles. The molecule has 0 saturated carbocycles. The van der Waals surface area contributed by atoms with Gasteiger partial charge in [0.05, 0.1) is 25.8 Å². The zero-order chi connectivity index (χ0) is 22.8. The predicted octanol–water partition coefficient (Wildman–Crippen LogP) is 4.64. The molecule has 1 amide bonds. The number of aliphatic hydroxyl groups is 1. The Balaban J connectivity index is 1.92. The molecule has 32 heavy (non-hydrogen) atoms. The lowest BCUT2D eigenvalue weighted by atomic mass is 9.92. The molecule has 1 fully saturated rings. The van der Waals surface area contributed by atoms with Gasteiger partial charge in [-0.3, -0.25) is 14.5 Å². The largest absolute Gasteiger partial charge is 0.507 e. The number of amides is 1. The summed E-state index contributed by atoms with van der Waals surface area (Å²) in [5, 5.41) is 11.2. The molecular formula is C26H23NO5. The lowest BCUT2D eigenvalue weighted by Gasteiger charge is -2.26. The van der Waals surface area contributed by atoms with E-state index in [1.54, 1.807) is 62.8 Å². The molecule has 0 bridgehead atoms. The molecule has 1 saturated heterocycles. The number of carbonyl (C=O) groups is 2. The lowest BCUT2D eigenvalue weighted by Crippen LogP contribution is -2.29. The lowest BCUT2D eigenvalue weighted by molar-refractivity contribution is -0.132. The molecule has 1 atom stereocenters. The van der Waals surface area contributed by atoms with Gasteiger partial charge in [-0.05, 0) is 66.6 Å². The number of ketones is 1. The molecule has 0 spiro atoms. The van der Waals surface area contributed by atoms with Gasteiger partial charge in [0, 0.05) is 11.3 Å². The van der Waals surface area contributed by atoms with E-state index in [9.17, 15) is 14.7 Å². The number of ether oxygens (including phenoxy) is 2. The smallest absolute Gasteiger partial charge is 0.300 e. The van der Waals surface area contributed by atoms with E-state index in [0.717, 1.165) is 11.1 Å². The second-order valence-corrected chi connectivity index (χ2v) is 7.45. The maximum absolute atomic E-state index is 13.2. The Kier molecular flexibility index (Phi) is 5.69. The number of Topliss-reactive ketones (excluding diaryl/α,β-unsaturated/α-hetero) is 1. The molecule has 3 aromatic rings. The number of hydrogen-bond donors (Lipinski definition) is 1. The highest BCUT2D eigenvalue weighted by atomic mass is 16.5. The zero-order valence-corrected chi connectivity index (χ0v) is 18.0. The Bertz CT molecular complexity index is 1200. The second-order valence-electron chi connectivity index (χ2n) is 7.45. The number of aryl methyl sites for hydroxylation is 1. The maximum Gasteiger partial charge on any atom is 0.300 e. The van der Waals surface area contributed by atoms with Crippen molar-refractivity contribution in [1.82, 2.24) is 0 Å². The van der Waals surface area contributed by atoms with Crippen LogP contribution in [0.25, 0.3) is 5.76 Å². The van der Waals surface area contributed by atoms with Crippen LogP contribution in [0.3, 0.4) is 0 Å². The van der Waals surface area contributed by atoms with Crippen LogP contribution in [0.2, 0.25) is 0 Å². The highest BCUT2D eigenvalue weighted by molar-refractivity contribution is 6.51. The molecule has 1 aliphatic rings. The van der Waals surface area contributed by atoms with Gasteiger partial charge in [0.15, 0.2) is 0 Å². The number of benzene rings is 3. The fourth-order valence-electron chi connectivity index (χ4n) is 3.93. The zero-order valence-electron chi connectivity index (χ0n) is 18.0. The second kappa shape index (κ2) is 8.59. The van der Waals surface area contributed by atoms with Crippen LogP contribution < -0.4 is 14.4 Å². The summed E-state index contributed by atoms with van der Waals surface area (Å²) in [4.78, 5) is 27.8. The molecule has 6 heteroatoms. The van der Waals surface area contributed by atoms with Gasteiger partial charge in [-0.1, -0.05) is 24.3 Å². The third-order valence-corrected chi connectivity index (χ3v) is 5.64. The SMILES string of the molecule is COc1ccc(/C(O)=C2/C(=O)C(=O)N(c3ccc(OC)cc3)C2c2ccccc2C)cc1. The summed E-state index contributed by atoms with van der Waals surface area (Å²) in [7, 11) is 3.11. The number of methoxy groups -OCH3 is 2. The quantitative estimate of drug-likeness (QED) is 0.363. The number of anilines is 1. The number of carbonyl (C=O) groups excluding carboxylic acids is 2. The highest BCUT2D eigenvalue weighted by Gasteiger charge is 2.47. The van der Waals surface area contributed by atoms with E-state index in [-0.39, 0.29) is 11.3 Å². The standard InChI is InChI=1S/C26H23NO5/c1-16-6-4-5-7-21(16)23-22(24(28)17-8-12-19(31-2)13-9-17)25(29)26(30)27(23)18-10-14-20(32-3)15-11-18/h4-15,23,28H,1-3H3/b24-22-. The Morgan fingerprint density at radius 3 is 1.97 bits per heavy atom. The topological polar surface area (TPSA) is 76.1 Å². The summed E-state index contributed by atoms with van der Waals surface area (Å²) < 4.78 is 10.4. The van der Waals surface area contributed by atoms with Gasteiger partial charge in [0.25, 0.3) is 11.7 Å². The fraction of sp³-hybridized carbons (Fsp3) is 0.154. The summed E-state index contributed by atoms with van der Waals surface area (Å²) in [6.45, 7) is 1.91. The first-order chi connectivity index (χ1) is 15.5. The monoisotopic (exact) mass is 429 g/mol. The van der Waals surface area contributed by atoms with Crippen LogP contribution in [0, 0.1) is 6.92 Å². The van der Waals surface area contributed by atoms with Crippen LogP contribution >= 0.6 is 0 Å². The van der Waals surface area contributed by atoms with Crippen LogP contribution in [0.1, 0.15) is 22.7 Å². The molecule has 0 radical (unpaired) electrons. The van der Waals surface area contributed by atoms with Crippen molar-refractivity contribution in [3.05, 3.63) is 95.1 Å². The summed E-state index contributed by atoms with van der Waals surface area (Å²) in [6, 6.07) is 20.4. The Morgan fingerprint density at radius 2 is 1.41 bits per heavy atom. The Hall–Kier alpha value is -4.06. The first-order valence-electron chi connectivity index (χ1n) is 10.1. The Labute approximate surface area is 186 Å². The molecule has 1 N–H and O–H groups in total. The van der Waals surface area contributed by atoms with Gasteiger partial charge in [-0.2, -0.15) is 0 Å². The van der Waals surface area contributed by atoms with Crippen molar-refractivity contribution < 1.29 is 24.2 Å². The molecular weight excluding hydrogens is 406 g/mol. The molecule has 0 aromatic heterocycles. The van der Waals surface area contributed by atoms with E-state index in [1.165, 1.54) is 4.90 Å². The van der Waals surface area contributed by atoms with Gasteiger partial charge in [-0.15, -0.1) is 0 Å². The van der Waals surface area contributed by atoms with Gasteiger partial charge in [-0.25, -0.2) is 0 Å². The van der Waals surface area contributed by atoms with Crippen molar-refractivity contribution in [3.8, 4) is 11.5 Å². The van der Waals surface area contributed by atoms with Crippen LogP contribution in [-0.4, -0.2) is 31.0 Å². The average molecular weight is 429 g/mol. The number of rotatable bonds is 5. The first kappa shape index (κ1) is 21.2. The summed E-state index contributed by atoms with van der Waals surface area (Å²) in [6.07, 6.45) is 0. The third-order valence-electron chi connectivity index (χ3n) is 5.64. The van der Waals surface area contributed by atoms with Gasteiger partial charge < -0.3 is 14.6 Å². The minimum absolute atomic E-state index is 0.0466. The maximum atomic E-state index is 13.2. The number of aliphatic hydroxyl groups excluding tert-OH is 1. The van der Waals surface area contributed by atoms with Gasteiger partial charge in [0.2, 0.25) is 0 Å². The van der Waals surface area contributed by atoms with E-state index in [1.807, 2.05) is 31.2 Å². The van der Waals surface area contributed by atoms with E-state index in [0.29, 0.717) is 22.7 Å². The molecule has 3 aromatic carbocycles. The van der Waals surface area contributed by atoms with Gasteiger partial charge in [0.1, 0.15) is 17.3 Å². The minimum Gasteiger partial charge on any atom is -0.507 e. The van der Waals surface area contributed by atoms with Crippen LogP contribution in [0.15, 0.2) is 78.4 Å². The van der Waals surface area contributed by atoms with Crippen LogP contribution in [-0.2, 0) is 9.59 Å². The van der Waals surface area contributed by atoms with Crippen molar-refractivity contribution in [2.24, 2.45) is 0 Å². The third kappa shape index (κ3) is 3.60. The highest BCUT2D eigenvalue weighted by Crippen LogP contribution is 2.43. The molecule has 0 aliphatic carbocycles. The summed E-state index contributed by atoms with van der Waals surface area (Å²) >= 11 is 0. The van der Waals surface area contributed by atoms with E-state index < -0.39 is 17.7 Å². The van der Waals surface area contributed by atoms with Crippen LogP contribution in [0.5, 0.6) is 11.5 Å². The van der Waals surface area contributed by atoms with Crippen LogP contribution in [0.4, 0.5) is 5.69 Å². The van der Waals surface area contributed by atoms with Crippen molar-refractivity contribution in [3.63, 3.8) is 0 Å². The predicted molar refractivity (Wildman–Crippen MR) is 122 cm³/mol. The minimum atomic E-state index is -0.772. The molecule has 6 nitrogen and oxygen atoms in total. The van der Waals surface area contributed by atoms with E-state index in [4.69, 9.17) is 9.47 Å². The van der Waals surface area contributed by atoms with Crippen molar-refractivity contribution in [2.45, 2.75) is 13.0 Å². The summed E-state index contributed by atoms with van der Waals surface area (Å²) in [5.74, 6) is -0.400. The van der Waals surface area contributed by atoms with Crippen molar-refractivity contribution >= 4 is 23.1 Å². The normalized spacial score (nSPS) is 17.5. The van der Waals surface area contributed by atoms with E-state index >= 15 is 0 Å².